The lowest BCUT2D eigenvalue weighted by Crippen LogP contribution is -2.32. The Balaban J connectivity index is 1.85. The summed E-state index contributed by atoms with van der Waals surface area (Å²) >= 11 is 0. The highest BCUT2D eigenvalue weighted by Crippen LogP contribution is 2.18. The van der Waals surface area contributed by atoms with Gasteiger partial charge in [-0.25, -0.2) is 14.7 Å². The Morgan fingerprint density at radius 3 is 2.67 bits per heavy atom. The number of aryl methyl sites for hydroxylation is 1. The first kappa shape index (κ1) is 20.8. The number of unbranched alkanes of at least 4 members (excludes halogenated alkanes) is 1. The topological polar surface area (TPSA) is 149 Å². The van der Waals surface area contributed by atoms with E-state index in [1.807, 2.05) is 30.3 Å². The van der Waals surface area contributed by atoms with Crippen molar-refractivity contribution in [2.24, 2.45) is 5.14 Å². The van der Waals surface area contributed by atoms with E-state index in [-0.39, 0.29) is 19.0 Å². The molecule has 11 heteroatoms. The van der Waals surface area contributed by atoms with Crippen molar-refractivity contribution in [2.75, 3.05) is 6.54 Å². The monoisotopic (exact) mass is 397 g/mol. The summed E-state index contributed by atoms with van der Waals surface area (Å²) in [7, 11) is -3.71. The van der Waals surface area contributed by atoms with E-state index in [0.29, 0.717) is 25.1 Å². The lowest BCUT2D eigenvalue weighted by Gasteiger charge is -2.15. The highest BCUT2D eigenvalue weighted by molar-refractivity contribution is 7.87. The molecule has 0 bridgehead atoms. The number of nitrogens with two attached hydrogens (primary N) is 1. The van der Waals surface area contributed by atoms with Crippen LogP contribution in [0.4, 0.5) is 4.79 Å². The molecule has 1 aromatic heterocycles. The number of ether oxygens (including phenoxy) is 1. The first-order chi connectivity index (χ1) is 12.8. The second-order valence-electron chi connectivity index (χ2n) is 5.87. The van der Waals surface area contributed by atoms with Gasteiger partial charge in [0.2, 0.25) is 5.89 Å². The van der Waals surface area contributed by atoms with Crippen molar-refractivity contribution in [1.29, 1.82) is 0 Å². The third kappa shape index (κ3) is 8.15. The van der Waals surface area contributed by atoms with E-state index >= 15 is 0 Å². The predicted molar refractivity (Wildman–Crippen MR) is 96.5 cm³/mol. The van der Waals surface area contributed by atoms with Gasteiger partial charge in [0, 0.05) is 6.54 Å². The van der Waals surface area contributed by atoms with Gasteiger partial charge in [0.1, 0.15) is 12.6 Å². The van der Waals surface area contributed by atoms with Gasteiger partial charge in [-0.3, -0.25) is 0 Å². The van der Waals surface area contributed by atoms with Gasteiger partial charge in [0.05, 0.1) is 0 Å². The number of carbonyl (C=O) groups is 1. The molecule has 0 aliphatic heterocycles. The molecule has 1 aromatic carbocycles. The minimum absolute atomic E-state index is 0.139. The average Bonchev–Trinajstić information content (AvgIpc) is 3.05. The van der Waals surface area contributed by atoms with Crippen LogP contribution in [0.5, 0.6) is 0 Å². The Hall–Kier alpha value is -2.50. The van der Waals surface area contributed by atoms with Crippen LogP contribution in [0.1, 0.15) is 42.6 Å². The van der Waals surface area contributed by atoms with Crippen molar-refractivity contribution in [3.05, 3.63) is 47.6 Å². The molecule has 0 fully saturated rings. The minimum atomic E-state index is -3.71. The van der Waals surface area contributed by atoms with Crippen LogP contribution in [-0.4, -0.2) is 31.2 Å². The molecule has 0 aliphatic carbocycles. The quantitative estimate of drug-likeness (QED) is 0.512. The molecule has 1 atom stereocenters. The summed E-state index contributed by atoms with van der Waals surface area (Å²) in [4.78, 5) is 16.2. The van der Waals surface area contributed by atoms with Crippen LogP contribution in [0.2, 0.25) is 0 Å². The lowest BCUT2D eigenvalue weighted by molar-refractivity contribution is 0.132. The highest BCUT2D eigenvalue weighted by atomic mass is 32.2. The second kappa shape index (κ2) is 10.00. The first-order valence-corrected chi connectivity index (χ1v) is 9.93. The summed E-state index contributed by atoms with van der Waals surface area (Å²) in [6, 6.07) is 8.76. The van der Waals surface area contributed by atoms with Gasteiger partial charge >= 0.3 is 6.09 Å². The Bertz CT molecular complexity index is 825. The fourth-order valence-electron chi connectivity index (χ4n) is 2.31. The van der Waals surface area contributed by atoms with E-state index in [2.05, 4.69) is 20.2 Å². The molecule has 27 heavy (non-hydrogen) atoms. The predicted octanol–water partition coefficient (Wildman–Crippen LogP) is 1.31. The van der Waals surface area contributed by atoms with Gasteiger partial charge in [-0.2, -0.15) is 13.4 Å². The zero-order chi connectivity index (χ0) is 19.7. The van der Waals surface area contributed by atoms with Crippen LogP contribution < -0.4 is 15.2 Å². The van der Waals surface area contributed by atoms with Gasteiger partial charge < -0.3 is 14.6 Å². The number of amides is 1. The number of carbonyl (C=O) groups excluding carboxylic acids is 1. The smallest absolute Gasteiger partial charge is 0.408 e. The number of aromatic nitrogens is 2. The van der Waals surface area contributed by atoms with Crippen LogP contribution in [0, 0.1) is 6.92 Å². The molecule has 2 rings (SSSR count). The molecule has 0 spiro atoms. The Morgan fingerprint density at radius 2 is 2.04 bits per heavy atom. The number of alkyl carbamates (subject to hydrolysis) is 1. The Labute approximate surface area is 157 Å². The van der Waals surface area contributed by atoms with Crippen molar-refractivity contribution < 1.29 is 22.5 Å². The molecule has 10 nitrogen and oxygen atoms in total. The van der Waals surface area contributed by atoms with Crippen molar-refractivity contribution in [1.82, 2.24) is 20.2 Å². The summed E-state index contributed by atoms with van der Waals surface area (Å²) in [5, 5.41) is 11.3. The second-order valence-corrected chi connectivity index (χ2v) is 7.25. The van der Waals surface area contributed by atoms with E-state index in [0.717, 1.165) is 5.56 Å². The third-order valence-corrected chi connectivity index (χ3v) is 4.18. The van der Waals surface area contributed by atoms with E-state index in [9.17, 15) is 13.2 Å². The van der Waals surface area contributed by atoms with Gasteiger partial charge in [-0.1, -0.05) is 35.5 Å². The summed E-state index contributed by atoms with van der Waals surface area (Å²) < 4.78 is 34.2. The van der Waals surface area contributed by atoms with Crippen LogP contribution >= 0.6 is 0 Å². The summed E-state index contributed by atoms with van der Waals surface area (Å²) in [5.74, 6) is 0.717. The molecule has 4 N–H and O–H groups in total. The maximum Gasteiger partial charge on any atom is 0.408 e. The van der Waals surface area contributed by atoms with Crippen molar-refractivity contribution in [2.45, 2.75) is 38.8 Å². The van der Waals surface area contributed by atoms with E-state index < -0.39 is 22.3 Å². The van der Waals surface area contributed by atoms with Crippen LogP contribution in [0.3, 0.4) is 0 Å². The van der Waals surface area contributed by atoms with Crippen LogP contribution in [0.15, 0.2) is 34.9 Å². The fraction of sp³-hybridized carbons (Fsp3) is 0.438. The number of nitrogens with one attached hydrogen (secondary N) is 2. The average molecular weight is 397 g/mol. The van der Waals surface area contributed by atoms with Gasteiger partial charge in [-0.15, -0.1) is 0 Å². The SMILES string of the molecule is Cc1noc([C@H](CCCCNS(N)(=O)=O)NC(=O)OCc2ccccc2)n1. The normalized spacial score (nSPS) is 12.5. The van der Waals surface area contributed by atoms with Gasteiger partial charge in [0.15, 0.2) is 5.82 Å². The molecule has 0 radical (unpaired) electrons. The van der Waals surface area contributed by atoms with Crippen LogP contribution in [-0.2, 0) is 21.6 Å². The maximum absolute atomic E-state index is 12.1. The summed E-state index contributed by atoms with van der Waals surface area (Å²) in [6.45, 7) is 2.02. The Morgan fingerprint density at radius 1 is 1.30 bits per heavy atom. The van der Waals surface area contributed by atoms with Gasteiger partial charge in [0.25, 0.3) is 10.2 Å². The minimum Gasteiger partial charge on any atom is -0.445 e. The molecule has 0 aliphatic rings. The molecule has 1 amide bonds. The van der Waals surface area contributed by atoms with Crippen molar-refractivity contribution in [3.8, 4) is 0 Å². The molecular formula is C16H23N5O5S. The Kier molecular flexibility index (Phi) is 7.70. The zero-order valence-electron chi connectivity index (χ0n) is 14.9. The number of hydrogen-bond acceptors (Lipinski definition) is 7. The molecular weight excluding hydrogens is 374 g/mol. The van der Waals surface area contributed by atoms with Crippen LogP contribution in [0.25, 0.3) is 0 Å². The number of benzene rings is 1. The maximum atomic E-state index is 12.1. The zero-order valence-corrected chi connectivity index (χ0v) is 15.7. The number of rotatable bonds is 10. The molecule has 0 unspecified atom stereocenters. The molecule has 2 aromatic rings. The lowest BCUT2D eigenvalue weighted by atomic mass is 10.1. The summed E-state index contributed by atoms with van der Waals surface area (Å²) in [6.07, 6.45) is 0.977. The molecule has 148 valence electrons. The van der Waals surface area contributed by atoms with E-state index in [4.69, 9.17) is 14.4 Å². The summed E-state index contributed by atoms with van der Waals surface area (Å²) in [5.41, 5.74) is 0.868. The largest absolute Gasteiger partial charge is 0.445 e. The highest BCUT2D eigenvalue weighted by Gasteiger charge is 2.21. The van der Waals surface area contributed by atoms with Crippen molar-refractivity contribution >= 4 is 16.3 Å². The molecule has 0 saturated carbocycles. The fourth-order valence-corrected chi connectivity index (χ4v) is 2.74. The molecule has 1 heterocycles. The first-order valence-electron chi connectivity index (χ1n) is 8.38. The molecule has 0 saturated heterocycles. The van der Waals surface area contributed by atoms with Gasteiger partial charge in [-0.05, 0) is 31.7 Å². The standard InChI is InChI=1S/C16H23N5O5S/c1-12-19-15(26-21-12)14(9-5-6-10-18-27(17,23)24)20-16(22)25-11-13-7-3-2-4-8-13/h2-4,7-8,14,18H,5-6,9-11H2,1H3,(H,20,22)(H2,17,23,24)/t14-/m0/s1. The third-order valence-electron chi connectivity index (χ3n) is 3.57. The van der Waals surface area contributed by atoms with Crippen molar-refractivity contribution in [3.63, 3.8) is 0 Å². The van der Waals surface area contributed by atoms with E-state index in [1.54, 1.807) is 6.92 Å². The number of nitrogens with zero attached hydrogens (tertiary/aromatic N) is 2. The van der Waals surface area contributed by atoms with E-state index in [1.165, 1.54) is 0 Å². The number of hydrogen-bond donors (Lipinski definition) is 3.